The van der Waals surface area contributed by atoms with E-state index in [1.54, 1.807) is 12.1 Å². The average Bonchev–Trinajstić information content (AvgIpc) is 3.56. The minimum absolute atomic E-state index is 0.0852. The van der Waals surface area contributed by atoms with Crippen molar-refractivity contribution in [1.29, 1.82) is 0 Å². The van der Waals surface area contributed by atoms with Gasteiger partial charge >= 0.3 is 0 Å². The van der Waals surface area contributed by atoms with E-state index in [0.717, 1.165) is 56.3 Å². The Kier molecular flexibility index (Phi) is 5.85. The first-order valence-electron chi connectivity index (χ1n) is 11.4. The molecule has 0 unspecified atom stereocenters. The molecule has 32 heavy (non-hydrogen) atoms. The van der Waals surface area contributed by atoms with E-state index in [2.05, 4.69) is 27.8 Å². The van der Waals surface area contributed by atoms with Crippen molar-refractivity contribution in [3.63, 3.8) is 0 Å². The van der Waals surface area contributed by atoms with E-state index in [1.165, 1.54) is 41.4 Å². The highest BCUT2D eigenvalue weighted by Crippen LogP contribution is 2.34. The molecular weight excluding hydrogens is 406 g/mol. The summed E-state index contributed by atoms with van der Waals surface area (Å²) in [7, 11) is 0. The molecule has 1 N–H and O–H groups in total. The van der Waals surface area contributed by atoms with Crippen molar-refractivity contribution >= 4 is 16.6 Å². The van der Waals surface area contributed by atoms with Crippen LogP contribution in [0.5, 0.6) is 5.75 Å². The van der Waals surface area contributed by atoms with Crippen LogP contribution in [-0.4, -0.2) is 38.7 Å². The third-order valence-electron chi connectivity index (χ3n) is 6.59. The van der Waals surface area contributed by atoms with Gasteiger partial charge in [-0.05, 0) is 73.1 Å². The third kappa shape index (κ3) is 4.79. The number of hydrogen-bond donors (Lipinski definition) is 1. The Morgan fingerprint density at radius 3 is 2.50 bits per heavy atom. The van der Waals surface area contributed by atoms with Gasteiger partial charge in [-0.2, -0.15) is 0 Å². The molecule has 1 aliphatic carbocycles. The van der Waals surface area contributed by atoms with Crippen LogP contribution < -0.4 is 4.74 Å². The molecule has 2 aromatic carbocycles. The quantitative estimate of drug-likeness (QED) is 0.416. The second-order valence-corrected chi connectivity index (χ2v) is 9.15. The Labute approximate surface area is 187 Å². The topological polar surface area (TPSA) is 80.8 Å². The van der Waals surface area contributed by atoms with Crippen LogP contribution in [0.2, 0.25) is 0 Å². The summed E-state index contributed by atoms with van der Waals surface area (Å²) in [6.45, 7) is 4.16. The second kappa shape index (κ2) is 8.92. The first-order valence-corrected chi connectivity index (χ1v) is 11.4. The van der Waals surface area contributed by atoms with Crippen molar-refractivity contribution in [2.75, 3.05) is 13.1 Å². The van der Waals surface area contributed by atoms with Crippen molar-refractivity contribution in [2.45, 2.75) is 51.5 Å². The number of hydrogen-bond acceptors (Lipinski definition) is 5. The number of benzene rings is 2. The van der Waals surface area contributed by atoms with Gasteiger partial charge in [0.05, 0.1) is 11.0 Å². The van der Waals surface area contributed by atoms with Gasteiger partial charge in [0.15, 0.2) is 0 Å². The van der Waals surface area contributed by atoms with Crippen LogP contribution in [0.4, 0.5) is 5.69 Å². The van der Waals surface area contributed by atoms with E-state index >= 15 is 0 Å². The number of likely N-dealkylation sites (tertiary alicyclic amines) is 1. The van der Waals surface area contributed by atoms with E-state index in [-0.39, 0.29) is 11.8 Å². The summed E-state index contributed by atoms with van der Waals surface area (Å²) >= 11 is 0. The van der Waals surface area contributed by atoms with Crippen LogP contribution in [0.3, 0.4) is 0 Å². The highest BCUT2D eigenvalue weighted by Gasteiger charge is 2.24. The Balaban J connectivity index is 1.35. The van der Waals surface area contributed by atoms with Crippen LogP contribution in [0.25, 0.3) is 10.9 Å². The monoisotopic (exact) mass is 435 g/mol. The van der Waals surface area contributed by atoms with E-state index < -0.39 is 4.92 Å². The number of nitrogens with zero attached hydrogens (tertiary/aromatic N) is 3. The molecule has 0 atom stereocenters. The summed E-state index contributed by atoms with van der Waals surface area (Å²) in [5, 5.41) is 21.9. The number of rotatable bonds is 8. The molecule has 1 aromatic heterocycles. The number of aliphatic hydroxyl groups is 1. The summed E-state index contributed by atoms with van der Waals surface area (Å²) in [4.78, 5) is 12.9. The maximum absolute atomic E-state index is 10.8. The molecule has 7 heteroatoms. The largest absolute Gasteiger partial charge is 0.489 e. The first-order chi connectivity index (χ1) is 15.5. The molecule has 168 valence electrons. The first kappa shape index (κ1) is 21.0. The molecule has 0 bridgehead atoms. The zero-order chi connectivity index (χ0) is 22.1. The van der Waals surface area contributed by atoms with Crippen LogP contribution in [-0.2, 0) is 19.7 Å². The second-order valence-electron chi connectivity index (χ2n) is 9.15. The highest BCUT2D eigenvalue weighted by atomic mass is 16.6. The molecule has 1 saturated carbocycles. The van der Waals surface area contributed by atoms with Crippen LogP contribution in [0, 0.1) is 16.0 Å². The fraction of sp³-hybridized carbons (Fsp3) is 0.440. The summed E-state index contributed by atoms with van der Waals surface area (Å²) in [5.74, 6) is 1.59. The number of fused-ring (bicyclic) bond motifs is 1. The molecule has 1 saturated heterocycles. The molecule has 3 aromatic rings. The lowest BCUT2D eigenvalue weighted by Crippen LogP contribution is -2.35. The number of piperidine rings is 1. The third-order valence-corrected chi connectivity index (χ3v) is 6.59. The van der Waals surface area contributed by atoms with Crippen LogP contribution in [0.15, 0.2) is 48.7 Å². The van der Waals surface area contributed by atoms with Gasteiger partial charge in [-0.1, -0.05) is 0 Å². The van der Waals surface area contributed by atoms with Gasteiger partial charge in [-0.3, -0.25) is 15.0 Å². The van der Waals surface area contributed by atoms with Crippen LogP contribution >= 0.6 is 0 Å². The summed E-state index contributed by atoms with van der Waals surface area (Å²) in [6.07, 6.45) is 6.44. The van der Waals surface area contributed by atoms with E-state index in [4.69, 9.17) is 4.74 Å². The Morgan fingerprint density at radius 1 is 1.06 bits per heavy atom. The van der Waals surface area contributed by atoms with Crippen molar-refractivity contribution in [2.24, 2.45) is 5.92 Å². The highest BCUT2D eigenvalue weighted by molar-refractivity contribution is 5.85. The predicted molar refractivity (Wildman–Crippen MR) is 123 cm³/mol. The molecular formula is C25H29N3O4. The van der Waals surface area contributed by atoms with Gasteiger partial charge in [0, 0.05) is 55.4 Å². The summed E-state index contributed by atoms with van der Waals surface area (Å²) in [6, 6.07) is 12.8. The molecule has 2 heterocycles. The van der Waals surface area contributed by atoms with Crippen molar-refractivity contribution in [3.05, 3.63) is 69.9 Å². The lowest BCUT2D eigenvalue weighted by atomic mass is 10.1. The van der Waals surface area contributed by atoms with Gasteiger partial charge in [0.1, 0.15) is 12.4 Å². The molecule has 2 aliphatic rings. The fourth-order valence-corrected chi connectivity index (χ4v) is 4.49. The molecule has 2 fully saturated rings. The SMILES string of the molecule is O=[N+]([O-])c1ccc(COc2ccc3c(c2)c(CN2CCC(O)CC2)cn3CC2CC2)cc1. The molecule has 5 rings (SSSR count). The minimum atomic E-state index is -0.393. The van der Waals surface area contributed by atoms with E-state index in [9.17, 15) is 15.2 Å². The minimum Gasteiger partial charge on any atom is -0.489 e. The lowest BCUT2D eigenvalue weighted by molar-refractivity contribution is -0.384. The standard InChI is InChI=1S/C25H29N3O4/c29-22-9-11-26(12-10-22)15-20-16-27(14-18-1-2-18)25-8-7-23(13-24(20)25)32-17-19-3-5-21(6-4-19)28(30)31/h3-8,13,16,18,22,29H,1-2,9-12,14-15,17H2. The van der Waals surface area contributed by atoms with Crippen molar-refractivity contribution in [1.82, 2.24) is 9.47 Å². The van der Waals surface area contributed by atoms with E-state index in [1.807, 2.05) is 6.07 Å². The van der Waals surface area contributed by atoms with Gasteiger partial charge in [0.2, 0.25) is 0 Å². The zero-order valence-electron chi connectivity index (χ0n) is 18.2. The molecule has 0 radical (unpaired) electrons. The fourth-order valence-electron chi connectivity index (χ4n) is 4.49. The number of nitro benzene ring substituents is 1. The number of aromatic nitrogens is 1. The van der Waals surface area contributed by atoms with Crippen molar-refractivity contribution in [3.8, 4) is 5.75 Å². The lowest BCUT2D eigenvalue weighted by Gasteiger charge is -2.29. The number of aliphatic hydroxyl groups excluding tert-OH is 1. The number of ether oxygens (including phenoxy) is 1. The maximum atomic E-state index is 10.8. The average molecular weight is 436 g/mol. The summed E-state index contributed by atoms with van der Waals surface area (Å²) < 4.78 is 8.43. The molecule has 1 aliphatic heterocycles. The Bertz CT molecular complexity index is 1100. The number of nitro groups is 1. The predicted octanol–water partition coefficient (Wildman–Crippen LogP) is 4.50. The van der Waals surface area contributed by atoms with Gasteiger partial charge in [0.25, 0.3) is 5.69 Å². The van der Waals surface area contributed by atoms with Gasteiger partial charge in [-0.15, -0.1) is 0 Å². The van der Waals surface area contributed by atoms with Crippen LogP contribution in [0.1, 0.15) is 36.8 Å². The number of non-ortho nitro benzene ring substituents is 1. The molecule has 7 nitrogen and oxygen atoms in total. The van der Waals surface area contributed by atoms with Gasteiger partial charge in [-0.25, -0.2) is 0 Å². The van der Waals surface area contributed by atoms with Gasteiger partial charge < -0.3 is 14.4 Å². The van der Waals surface area contributed by atoms with E-state index in [0.29, 0.717) is 6.61 Å². The van der Waals surface area contributed by atoms with Crippen molar-refractivity contribution < 1.29 is 14.8 Å². The summed E-state index contributed by atoms with van der Waals surface area (Å²) in [5.41, 5.74) is 3.53. The Morgan fingerprint density at radius 2 is 1.81 bits per heavy atom. The molecule has 0 spiro atoms. The normalized spacial score (nSPS) is 17.7. The maximum Gasteiger partial charge on any atom is 0.269 e. The zero-order valence-corrected chi connectivity index (χ0v) is 18.2. The molecule has 0 amide bonds. The Hall–Kier alpha value is -2.90. The smallest absolute Gasteiger partial charge is 0.269 e.